The van der Waals surface area contributed by atoms with E-state index in [-0.39, 0.29) is 29.8 Å². The highest BCUT2D eigenvalue weighted by Crippen LogP contribution is 2.65. The molecule has 4 unspecified atom stereocenters. The molecule has 4 aliphatic rings. The standard InChI is InChI=1S/C23H32O6/c1-13(25)29-10-7-15-16-4-3-14-17(22(16,2)8-6-19(15)26)5-9-23(12-24)18(14)11-20(27)21(23)28/h4,14-15,17-21,24,26-28H,3,5-6,8-9,11-12H2,1-2H3/t14-,15?,17-,18+,19?,20?,21?,22+,23-/m1/s1. The molecule has 0 aliphatic heterocycles. The number of aliphatic hydroxyl groups is 4. The van der Waals surface area contributed by atoms with Crippen LogP contribution < -0.4 is 0 Å². The molecule has 0 amide bonds. The Kier molecular flexibility index (Phi) is 5.31. The molecular weight excluding hydrogens is 372 g/mol. The Morgan fingerprint density at radius 2 is 1.97 bits per heavy atom. The Balaban J connectivity index is 1.67. The van der Waals surface area contributed by atoms with Crippen molar-refractivity contribution in [3.05, 3.63) is 11.6 Å². The lowest BCUT2D eigenvalue weighted by atomic mass is 9.46. The normalized spacial score (nSPS) is 48.3. The van der Waals surface area contributed by atoms with Crippen molar-refractivity contribution in [2.75, 3.05) is 6.61 Å². The number of esters is 1. The Morgan fingerprint density at radius 1 is 1.21 bits per heavy atom. The van der Waals surface area contributed by atoms with E-state index in [0.29, 0.717) is 25.2 Å². The quantitative estimate of drug-likeness (QED) is 0.299. The smallest absolute Gasteiger partial charge is 0.316 e. The van der Waals surface area contributed by atoms with Crippen LogP contribution in [0.2, 0.25) is 0 Å². The molecule has 9 atom stereocenters. The Morgan fingerprint density at radius 3 is 2.66 bits per heavy atom. The second-order valence-corrected chi connectivity index (χ2v) is 9.79. The van der Waals surface area contributed by atoms with Gasteiger partial charge in [-0.25, -0.2) is 0 Å². The first kappa shape index (κ1) is 20.9. The Hall–Kier alpha value is -1.39. The minimum Gasteiger partial charge on any atom is -0.396 e. The summed E-state index contributed by atoms with van der Waals surface area (Å²) in [4.78, 5) is 11.1. The molecule has 160 valence electrons. The molecular formula is C23H32O6. The summed E-state index contributed by atoms with van der Waals surface area (Å²) >= 11 is 0. The average molecular weight is 405 g/mol. The van der Waals surface area contributed by atoms with Gasteiger partial charge in [0.05, 0.1) is 30.8 Å². The zero-order valence-electron chi connectivity index (χ0n) is 17.2. The first-order valence-corrected chi connectivity index (χ1v) is 10.8. The molecule has 0 aromatic carbocycles. The largest absolute Gasteiger partial charge is 0.396 e. The summed E-state index contributed by atoms with van der Waals surface area (Å²) in [6.45, 7) is 3.46. The van der Waals surface area contributed by atoms with E-state index in [1.807, 2.05) is 0 Å². The van der Waals surface area contributed by atoms with Gasteiger partial charge in [0.25, 0.3) is 0 Å². The van der Waals surface area contributed by atoms with E-state index in [1.54, 1.807) is 0 Å². The first-order chi connectivity index (χ1) is 13.7. The van der Waals surface area contributed by atoms with Gasteiger partial charge >= 0.3 is 5.97 Å². The van der Waals surface area contributed by atoms with E-state index in [0.717, 1.165) is 24.8 Å². The van der Waals surface area contributed by atoms with Gasteiger partial charge in [-0.05, 0) is 67.6 Å². The van der Waals surface area contributed by atoms with Gasteiger partial charge in [-0.1, -0.05) is 18.6 Å². The maximum Gasteiger partial charge on any atom is 0.316 e. The van der Waals surface area contributed by atoms with Crippen LogP contribution in [0.15, 0.2) is 11.6 Å². The van der Waals surface area contributed by atoms with Crippen molar-refractivity contribution in [2.45, 2.75) is 70.7 Å². The average Bonchev–Trinajstić information content (AvgIpc) is 2.95. The molecule has 4 aliphatic carbocycles. The number of allylic oxidation sites excluding steroid dienone is 1. The minimum absolute atomic E-state index is 0.0864. The number of carbonyl (C=O) groups excluding carboxylic acids is 1. The van der Waals surface area contributed by atoms with Crippen LogP contribution in [0, 0.1) is 46.5 Å². The fourth-order valence-electron chi connectivity index (χ4n) is 7.17. The SMILES string of the molecule is CC(=O)OC#CC1C2=CC[C@@H]3[C@@H](CC[C@]4(CO)C(O)C(O)C[C@@H]34)[C@@]2(C)CCC1O. The number of carbonyl (C=O) groups is 1. The Bertz CT molecular complexity index is 765. The molecule has 0 saturated heterocycles. The van der Waals surface area contributed by atoms with Gasteiger partial charge in [0.1, 0.15) is 6.11 Å². The maximum absolute atomic E-state index is 11.1. The number of rotatable bonds is 1. The predicted molar refractivity (Wildman–Crippen MR) is 105 cm³/mol. The molecule has 0 spiro atoms. The summed E-state index contributed by atoms with van der Waals surface area (Å²) in [6, 6.07) is 0. The molecule has 3 fully saturated rings. The summed E-state index contributed by atoms with van der Waals surface area (Å²) < 4.78 is 4.80. The molecule has 0 bridgehead atoms. The highest BCUT2D eigenvalue weighted by Gasteiger charge is 2.63. The fourth-order valence-corrected chi connectivity index (χ4v) is 7.17. The number of aliphatic hydroxyl groups excluding tert-OH is 4. The molecule has 0 aromatic rings. The van der Waals surface area contributed by atoms with E-state index in [9.17, 15) is 25.2 Å². The molecule has 4 rings (SSSR count). The van der Waals surface area contributed by atoms with E-state index in [2.05, 4.69) is 25.0 Å². The molecule has 6 heteroatoms. The summed E-state index contributed by atoms with van der Waals surface area (Å²) in [5.74, 6) is 2.89. The second-order valence-electron chi connectivity index (χ2n) is 9.79. The fraction of sp³-hybridized carbons (Fsp3) is 0.783. The number of fused-ring (bicyclic) bond motifs is 5. The van der Waals surface area contributed by atoms with Crippen LogP contribution in [0.4, 0.5) is 0 Å². The van der Waals surface area contributed by atoms with Crippen LogP contribution in [0.1, 0.15) is 52.4 Å². The van der Waals surface area contributed by atoms with Crippen LogP contribution >= 0.6 is 0 Å². The lowest BCUT2D eigenvalue weighted by Gasteiger charge is -2.58. The van der Waals surface area contributed by atoms with Gasteiger partial charge in [0.15, 0.2) is 0 Å². The van der Waals surface area contributed by atoms with Crippen molar-refractivity contribution in [1.29, 1.82) is 0 Å². The summed E-state index contributed by atoms with van der Waals surface area (Å²) in [7, 11) is 0. The van der Waals surface area contributed by atoms with E-state index >= 15 is 0 Å². The highest BCUT2D eigenvalue weighted by molar-refractivity contribution is 5.67. The second kappa shape index (κ2) is 7.39. The van der Waals surface area contributed by atoms with Gasteiger partial charge in [-0.2, -0.15) is 0 Å². The van der Waals surface area contributed by atoms with Crippen molar-refractivity contribution in [2.24, 2.45) is 34.5 Å². The van der Waals surface area contributed by atoms with Crippen molar-refractivity contribution >= 4 is 5.97 Å². The third kappa shape index (κ3) is 3.06. The molecule has 0 aromatic heterocycles. The monoisotopic (exact) mass is 404 g/mol. The number of hydrogen-bond donors (Lipinski definition) is 4. The molecule has 4 N–H and O–H groups in total. The molecule has 0 radical (unpaired) electrons. The lowest BCUT2D eigenvalue weighted by Crippen LogP contribution is -2.54. The third-order valence-electron chi connectivity index (χ3n) is 8.61. The lowest BCUT2D eigenvalue weighted by molar-refractivity contribution is -0.134. The molecule has 29 heavy (non-hydrogen) atoms. The van der Waals surface area contributed by atoms with Gasteiger partial charge in [-0.15, -0.1) is 0 Å². The number of hydrogen-bond acceptors (Lipinski definition) is 6. The van der Waals surface area contributed by atoms with Crippen LogP contribution in [0.5, 0.6) is 0 Å². The zero-order valence-corrected chi connectivity index (χ0v) is 17.2. The van der Waals surface area contributed by atoms with Crippen molar-refractivity contribution in [1.82, 2.24) is 0 Å². The van der Waals surface area contributed by atoms with E-state index < -0.39 is 29.7 Å². The van der Waals surface area contributed by atoms with Gasteiger partial charge in [0.2, 0.25) is 0 Å². The number of ether oxygens (including phenoxy) is 1. The molecule has 6 nitrogen and oxygen atoms in total. The summed E-state index contributed by atoms with van der Waals surface area (Å²) in [6.07, 6.45) is 6.81. The Labute approximate surface area is 172 Å². The van der Waals surface area contributed by atoms with Crippen molar-refractivity contribution in [3.8, 4) is 12.0 Å². The minimum atomic E-state index is -0.868. The van der Waals surface area contributed by atoms with Gasteiger partial charge in [0, 0.05) is 12.3 Å². The first-order valence-electron chi connectivity index (χ1n) is 10.8. The summed E-state index contributed by atoms with van der Waals surface area (Å²) in [5.41, 5.74) is 0.399. The van der Waals surface area contributed by atoms with Crippen molar-refractivity contribution < 1.29 is 30.0 Å². The van der Waals surface area contributed by atoms with E-state index in [1.165, 1.54) is 6.92 Å². The maximum atomic E-state index is 11.1. The van der Waals surface area contributed by atoms with E-state index in [4.69, 9.17) is 4.74 Å². The van der Waals surface area contributed by atoms with Crippen LogP contribution in [0.3, 0.4) is 0 Å². The van der Waals surface area contributed by atoms with Crippen LogP contribution in [-0.4, -0.2) is 51.3 Å². The van der Waals surface area contributed by atoms with Crippen LogP contribution in [0.25, 0.3) is 0 Å². The highest BCUT2D eigenvalue weighted by atomic mass is 16.5. The zero-order chi connectivity index (χ0) is 21.0. The summed E-state index contributed by atoms with van der Waals surface area (Å²) in [5, 5.41) is 41.8. The topological polar surface area (TPSA) is 107 Å². The van der Waals surface area contributed by atoms with Gasteiger partial charge < -0.3 is 25.2 Å². The molecule has 3 saturated carbocycles. The third-order valence-corrected chi connectivity index (χ3v) is 8.61. The predicted octanol–water partition coefficient (Wildman–Crippen LogP) is 1.36. The van der Waals surface area contributed by atoms with Crippen molar-refractivity contribution in [3.63, 3.8) is 0 Å². The van der Waals surface area contributed by atoms with Gasteiger partial charge in [-0.3, -0.25) is 4.79 Å². The van der Waals surface area contributed by atoms with Crippen LogP contribution in [-0.2, 0) is 9.53 Å². The molecule has 0 heterocycles.